The maximum Gasteiger partial charge on any atom is 0.264 e. The number of anilines is 2. The van der Waals surface area contributed by atoms with Crippen LogP contribution >= 0.6 is 0 Å². The first-order valence-electron chi connectivity index (χ1n) is 6.02. The van der Waals surface area contributed by atoms with Crippen LogP contribution in [0.4, 0.5) is 11.6 Å². The molecule has 0 saturated heterocycles. The Labute approximate surface area is 118 Å². The molecule has 0 unspecified atom stereocenters. The Morgan fingerprint density at radius 2 is 1.85 bits per heavy atom. The van der Waals surface area contributed by atoms with Crippen molar-refractivity contribution >= 4 is 21.7 Å². The second-order valence-corrected chi connectivity index (χ2v) is 6.09. The predicted octanol–water partition coefficient (Wildman–Crippen LogP) is 1.94. The van der Waals surface area contributed by atoms with Gasteiger partial charge in [-0.2, -0.15) is 0 Å². The number of pyridine rings is 2. The SMILES string of the molecule is CNc1ccc(S(=O)(=O)Nc2cc(C)cc(C)n2)cn1. The summed E-state index contributed by atoms with van der Waals surface area (Å²) in [6.07, 6.45) is 1.30. The van der Waals surface area contributed by atoms with Gasteiger partial charge in [-0.15, -0.1) is 0 Å². The standard InChI is InChI=1S/C13H16N4O2S/c1-9-6-10(2)16-13(7-9)17-20(18,19)11-4-5-12(14-3)15-8-11/h4-8H,1-3H3,(H,14,15)(H,16,17). The zero-order valence-corrected chi connectivity index (χ0v) is 12.3. The minimum Gasteiger partial charge on any atom is -0.373 e. The van der Waals surface area contributed by atoms with Gasteiger partial charge in [-0.3, -0.25) is 4.72 Å². The first-order valence-corrected chi connectivity index (χ1v) is 7.51. The lowest BCUT2D eigenvalue weighted by Gasteiger charge is -2.09. The largest absolute Gasteiger partial charge is 0.373 e. The number of hydrogen-bond acceptors (Lipinski definition) is 5. The second kappa shape index (κ2) is 5.46. The second-order valence-electron chi connectivity index (χ2n) is 4.41. The minimum absolute atomic E-state index is 0.0949. The third-order valence-corrected chi connectivity index (χ3v) is 3.98. The molecule has 0 aliphatic heterocycles. The Morgan fingerprint density at radius 1 is 1.10 bits per heavy atom. The number of aryl methyl sites for hydroxylation is 2. The number of nitrogens with zero attached hydrogens (tertiary/aromatic N) is 2. The highest BCUT2D eigenvalue weighted by atomic mass is 32.2. The number of hydrogen-bond donors (Lipinski definition) is 2. The van der Waals surface area contributed by atoms with Crippen LogP contribution in [0.25, 0.3) is 0 Å². The van der Waals surface area contributed by atoms with Crippen LogP contribution in [-0.2, 0) is 10.0 Å². The van der Waals surface area contributed by atoms with Crippen molar-refractivity contribution < 1.29 is 8.42 Å². The molecular formula is C13H16N4O2S. The summed E-state index contributed by atoms with van der Waals surface area (Å²) in [7, 11) is -1.96. The predicted molar refractivity (Wildman–Crippen MR) is 78.3 cm³/mol. The van der Waals surface area contributed by atoms with Gasteiger partial charge in [0.2, 0.25) is 0 Å². The van der Waals surface area contributed by atoms with Crippen molar-refractivity contribution in [1.82, 2.24) is 9.97 Å². The Balaban J connectivity index is 2.30. The van der Waals surface area contributed by atoms with E-state index in [1.165, 1.54) is 12.3 Å². The van der Waals surface area contributed by atoms with Crippen molar-refractivity contribution in [1.29, 1.82) is 0 Å². The Kier molecular flexibility index (Phi) is 3.89. The van der Waals surface area contributed by atoms with Crippen LogP contribution in [0.5, 0.6) is 0 Å². The van der Waals surface area contributed by atoms with Gasteiger partial charge in [-0.1, -0.05) is 0 Å². The molecule has 0 aliphatic carbocycles. The van der Waals surface area contributed by atoms with Crippen molar-refractivity contribution in [2.45, 2.75) is 18.7 Å². The number of sulfonamides is 1. The van der Waals surface area contributed by atoms with Gasteiger partial charge in [-0.25, -0.2) is 18.4 Å². The first-order chi connectivity index (χ1) is 9.40. The smallest absolute Gasteiger partial charge is 0.264 e. The highest BCUT2D eigenvalue weighted by molar-refractivity contribution is 7.92. The molecule has 7 heteroatoms. The average molecular weight is 292 g/mol. The first kappa shape index (κ1) is 14.3. The lowest BCUT2D eigenvalue weighted by molar-refractivity contribution is 0.600. The Bertz CT molecular complexity index is 691. The van der Waals surface area contributed by atoms with Crippen molar-refractivity contribution in [3.8, 4) is 0 Å². The van der Waals surface area contributed by atoms with Gasteiger partial charge >= 0.3 is 0 Å². The molecule has 2 aromatic heterocycles. The minimum atomic E-state index is -3.67. The average Bonchev–Trinajstić information content (AvgIpc) is 2.37. The van der Waals surface area contributed by atoms with Crippen LogP contribution in [0.2, 0.25) is 0 Å². The third kappa shape index (κ3) is 3.24. The van der Waals surface area contributed by atoms with Crippen molar-refractivity contribution in [3.63, 3.8) is 0 Å². The van der Waals surface area contributed by atoms with Gasteiger partial charge in [0, 0.05) is 18.9 Å². The van der Waals surface area contributed by atoms with E-state index in [9.17, 15) is 8.42 Å². The molecule has 0 radical (unpaired) electrons. The van der Waals surface area contributed by atoms with E-state index in [1.54, 1.807) is 19.2 Å². The molecule has 2 N–H and O–H groups in total. The quantitative estimate of drug-likeness (QED) is 0.899. The van der Waals surface area contributed by atoms with Gasteiger partial charge in [0.25, 0.3) is 10.0 Å². The summed E-state index contributed by atoms with van der Waals surface area (Å²) in [6, 6.07) is 6.65. The van der Waals surface area contributed by atoms with E-state index in [0.717, 1.165) is 11.3 Å². The molecule has 0 aliphatic rings. The monoisotopic (exact) mass is 292 g/mol. The van der Waals surface area contributed by atoms with Gasteiger partial charge in [-0.05, 0) is 43.7 Å². The molecule has 0 aromatic carbocycles. The van der Waals surface area contributed by atoms with Crippen LogP contribution < -0.4 is 10.0 Å². The maximum atomic E-state index is 12.2. The van der Waals surface area contributed by atoms with Gasteiger partial charge in [0.1, 0.15) is 16.5 Å². The summed E-state index contributed by atoms with van der Waals surface area (Å²) < 4.78 is 26.9. The Hall–Kier alpha value is -2.15. The molecule has 20 heavy (non-hydrogen) atoms. The maximum absolute atomic E-state index is 12.2. The lowest BCUT2D eigenvalue weighted by Crippen LogP contribution is -2.14. The summed E-state index contributed by atoms with van der Waals surface area (Å²) in [6.45, 7) is 3.70. The number of rotatable bonds is 4. The summed E-state index contributed by atoms with van der Waals surface area (Å²) in [5, 5.41) is 2.83. The molecule has 0 atom stereocenters. The van der Waals surface area contributed by atoms with Crippen LogP contribution in [0.1, 0.15) is 11.3 Å². The zero-order valence-electron chi connectivity index (χ0n) is 11.5. The Morgan fingerprint density at radius 3 is 2.40 bits per heavy atom. The molecule has 2 heterocycles. The third-order valence-electron chi connectivity index (χ3n) is 2.64. The topological polar surface area (TPSA) is 84.0 Å². The van der Waals surface area contributed by atoms with E-state index >= 15 is 0 Å². The molecular weight excluding hydrogens is 276 g/mol. The van der Waals surface area contributed by atoms with Gasteiger partial charge in [0.05, 0.1) is 0 Å². The lowest BCUT2D eigenvalue weighted by atomic mass is 10.2. The van der Waals surface area contributed by atoms with E-state index in [4.69, 9.17) is 0 Å². The van der Waals surface area contributed by atoms with Gasteiger partial charge < -0.3 is 5.32 Å². The van der Waals surface area contributed by atoms with E-state index in [1.807, 2.05) is 19.9 Å². The molecule has 0 amide bonds. The number of nitrogens with one attached hydrogen (secondary N) is 2. The normalized spacial score (nSPS) is 11.2. The fourth-order valence-electron chi connectivity index (χ4n) is 1.78. The van der Waals surface area contributed by atoms with Crippen LogP contribution in [0, 0.1) is 13.8 Å². The summed E-state index contributed by atoms with van der Waals surface area (Å²) in [5.41, 5.74) is 1.70. The molecule has 0 bridgehead atoms. The van der Waals surface area contributed by atoms with E-state index in [0.29, 0.717) is 11.6 Å². The van der Waals surface area contributed by atoms with Crippen molar-refractivity contribution in [3.05, 3.63) is 41.7 Å². The summed E-state index contributed by atoms with van der Waals surface area (Å²) in [4.78, 5) is 8.24. The van der Waals surface area contributed by atoms with Crippen molar-refractivity contribution in [2.24, 2.45) is 0 Å². The summed E-state index contributed by atoms with van der Waals surface area (Å²) in [5.74, 6) is 0.911. The van der Waals surface area contributed by atoms with Crippen LogP contribution in [-0.4, -0.2) is 25.4 Å². The van der Waals surface area contributed by atoms with E-state index < -0.39 is 10.0 Å². The molecule has 6 nitrogen and oxygen atoms in total. The molecule has 106 valence electrons. The highest BCUT2D eigenvalue weighted by Gasteiger charge is 2.15. The fourth-order valence-corrected chi connectivity index (χ4v) is 2.71. The molecule has 0 fully saturated rings. The fraction of sp³-hybridized carbons (Fsp3) is 0.231. The van der Waals surface area contributed by atoms with Crippen LogP contribution in [0.3, 0.4) is 0 Å². The number of aromatic nitrogens is 2. The molecule has 2 aromatic rings. The summed E-state index contributed by atoms with van der Waals surface area (Å²) >= 11 is 0. The zero-order chi connectivity index (χ0) is 14.8. The van der Waals surface area contributed by atoms with E-state index in [-0.39, 0.29) is 4.90 Å². The molecule has 2 rings (SSSR count). The van der Waals surface area contributed by atoms with E-state index in [2.05, 4.69) is 20.0 Å². The molecule has 0 spiro atoms. The van der Waals surface area contributed by atoms with Gasteiger partial charge in [0.15, 0.2) is 0 Å². The van der Waals surface area contributed by atoms with Crippen LogP contribution in [0.15, 0.2) is 35.4 Å². The van der Waals surface area contributed by atoms with Crippen molar-refractivity contribution in [2.75, 3.05) is 17.1 Å². The molecule has 0 saturated carbocycles. The highest BCUT2D eigenvalue weighted by Crippen LogP contribution is 2.16.